The average Bonchev–Trinajstić information content (AvgIpc) is 2.66. The summed E-state index contributed by atoms with van der Waals surface area (Å²) >= 11 is 0. The van der Waals surface area contributed by atoms with E-state index in [1.165, 1.54) is 0 Å². The van der Waals surface area contributed by atoms with E-state index in [-0.39, 0.29) is 5.91 Å². The van der Waals surface area contributed by atoms with Crippen molar-refractivity contribution in [2.75, 3.05) is 26.2 Å². The van der Waals surface area contributed by atoms with E-state index in [0.29, 0.717) is 31.7 Å². The molecule has 5 nitrogen and oxygen atoms in total. The van der Waals surface area contributed by atoms with Gasteiger partial charge in [0.2, 0.25) is 0 Å². The lowest BCUT2D eigenvalue weighted by Gasteiger charge is -2.40. The first-order chi connectivity index (χ1) is 12.5. The van der Waals surface area contributed by atoms with Crippen LogP contribution in [0.4, 0.5) is 0 Å². The summed E-state index contributed by atoms with van der Waals surface area (Å²) in [6.07, 6.45) is 3.09. The van der Waals surface area contributed by atoms with Crippen molar-refractivity contribution in [3.05, 3.63) is 48.7 Å². The van der Waals surface area contributed by atoms with Crippen LogP contribution in [0.2, 0.25) is 0 Å². The normalized spacial score (nSPS) is 16.2. The molecule has 5 heteroatoms. The van der Waals surface area contributed by atoms with Crippen LogP contribution in [0.1, 0.15) is 26.7 Å². The molecule has 2 heterocycles. The van der Waals surface area contributed by atoms with Crippen LogP contribution in [0.25, 0.3) is 10.9 Å². The van der Waals surface area contributed by atoms with Gasteiger partial charge in [-0.1, -0.05) is 18.2 Å². The lowest BCUT2D eigenvalue weighted by molar-refractivity contribution is -0.150. The maximum absolute atomic E-state index is 13.4. The number of aromatic nitrogens is 1. The predicted molar refractivity (Wildman–Crippen MR) is 104 cm³/mol. The Morgan fingerprint density at radius 2 is 2.12 bits per heavy atom. The van der Waals surface area contributed by atoms with Gasteiger partial charge in [-0.2, -0.15) is 0 Å². The molecule has 0 unspecified atom stereocenters. The van der Waals surface area contributed by atoms with Crippen LogP contribution in [-0.2, 0) is 4.79 Å². The van der Waals surface area contributed by atoms with Gasteiger partial charge in [-0.3, -0.25) is 9.78 Å². The van der Waals surface area contributed by atoms with Gasteiger partial charge in [-0.05, 0) is 51.2 Å². The second-order valence-corrected chi connectivity index (χ2v) is 6.98. The zero-order valence-electron chi connectivity index (χ0n) is 15.6. The number of fused-ring (bicyclic) bond motifs is 1. The van der Waals surface area contributed by atoms with E-state index < -0.39 is 5.60 Å². The molecule has 1 aliphatic heterocycles. The molecule has 0 radical (unpaired) electrons. The number of piperidine rings is 1. The summed E-state index contributed by atoms with van der Waals surface area (Å²) in [5.74, 6) is 0.767. The minimum atomic E-state index is -0.827. The number of nitrogens with one attached hydrogen (secondary N) is 1. The van der Waals surface area contributed by atoms with Gasteiger partial charge in [0.05, 0.1) is 5.52 Å². The number of amides is 1. The van der Waals surface area contributed by atoms with E-state index in [2.05, 4.69) is 16.9 Å². The molecule has 3 rings (SSSR count). The van der Waals surface area contributed by atoms with Crippen molar-refractivity contribution in [1.29, 1.82) is 0 Å². The number of likely N-dealkylation sites (N-methyl/N-ethyl adjacent to an activating group) is 1. The highest BCUT2D eigenvalue weighted by molar-refractivity contribution is 5.86. The Bertz CT molecular complexity index is 797. The van der Waals surface area contributed by atoms with E-state index in [1.54, 1.807) is 6.20 Å². The summed E-state index contributed by atoms with van der Waals surface area (Å²) in [6.45, 7) is 10.6. The SMILES string of the molecule is C=C(C)CN(CC)C(=O)C1(Oc2ccc3ncccc3c2)CCNCC1. The van der Waals surface area contributed by atoms with Gasteiger partial charge in [0.25, 0.3) is 5.91 Å². The molecule has 138 valence electrons. The Kier molecular flexibility index (Phi) is 5.57. The Morgan fingerprint density at radius 3 is 2.81 bits per heavy atom. The van der Waals surface area contributed by atoms with Crippen molar-refractivity contribution in [2.45, 2.75) is 32.3 Å². The van der Waals surface area contributed by atoms with Crippen LogP contribution < -0.4 is 10.1 Å². The Balaban J connectivity index is 1.90. The summed E-state index contributed by atoms with van der Waals surface area (Å²) in [6, 6.07) is 9.72. The summed E-state index contributed by atoms with van der Waals surface area (Å²) in [5, 5.41) is 4.34. The minimum absolute atomic E-state index is 0.0517. The second-order valence-electron chi connectivity index (χ2n) is 6.98. The Hall–Kier alpha value is -2.40. The van der Waals surface area contributed by atoms with Crippen LogP contribution in [0, 0.1) is 0 Å². The van der Waals surface area contributed by atoms with Crippen molar-refractivity contribution >= 4 is 16.8 Å². The van der Waals surface area contributed by atoms with Gasteiger partial charge >= 0.3 is 0 Å². The molecule has 0 bridgehead atoms. The molecule has 1 aromatic heterocycles. The van der Waals surface area contributed by atoms with Crippen molar-refractivity contribution in [3.8, 4) is 5.75 Å². The first kappa shape index (κ1) is 18.4. The van der Waals surface area contributed by atoms with Gasteiger partial charge in [0, 0.05) is 37.5 Å². The van der Waals surface area contributed by atoms with Crippen LogP contribution >= 0.6 is 0 Å². The van der Waals surface area contributed by atoms with Gasteiger partial charge in [-0.25, -0.2) is 0 Å². The van der Waals surface area contributed by atoms with Gasteiger partial charge in [0.1, 0.15) is 5.75 Å². The summed E-state index contributed by atoms with van der Waals surface area (Å²) in [7, 11) is 0. The number of carbonyl (C=O) groups excluding carboxylic acids is 1. The third-order valence-corrected chi connectivity index (χ3v) is 4.82. The van der Waals surface area contributed by atoms with E-state index in [9.17, 15) is 4.79 Å². The van der Waals surface area contributed by atoms with Gasteiger partial charge in [0.15, 0.2) is 5.60 Å². The third-order valence-electron chi connectivity index (χ3n) is 4.82. The molecule has 1 saturated heterocycles. The number of rotatable bonds is 6. The first-order valence-corrected chi connectivity index (χ1v) is 9.22. The van der Waals surface area contributed by atoms with E-state index in [1.807, 2.05) is 49.1 Å². The highest BCUT2D eigenvalue weighted by Crippen LogP contribution is 2.30. The lowest BCUT2D eigenvalue weighted by atomic mass is 9.90. The second kappa shape index (κ2) is 7.87. The molecule has 1 fully saturated rings. The standard InChI is InChI=1S/C21H27N3O2/c1-4-24(15-16(2)3)20(25)21(9-12-22-13-10-21)26-18-7-8-19-17(14-18)6-5-11-23-19/h5-8,11,14,22H,2,4,9-10,12-13,15H2,1,3H3. The molecule has 1 aromatic carbocycles. The molecular formula is C21H27N3O2. The number of benzene rings is 1. The van der Waals surface area contributed by atoms with E-state index in [0.717, 1.165) is 29.6 Å². The number of nitrogens with zero attached hydrogens (tertiary/aromatic N) is 2. The molecule has 2 aromatic rings. The maximum Gasteiger partial charge on any atom is 0.267 e. The van der Waals surface area contributed by atoms with Crippen LogP contribution in [0.15, 0.2) is 48.7 Å². The fourth-order valence-corrected chi connectivity index (χ4v) is 3.47. The quantitative estimate of drug-likeness (QED) is 0.811. The molecular weight excluding hydrogens is 326 g/mol. The molecule has 0 atom stereocenters. The smallest absolute Gasteiger partial charge is 0.267 e. The van der Waals surface area contributed by atoms with Crippen molar-refractivity contribution in [1.82, 2.24) is 15.2 Å². The number of hydrogen-bond donors (Lipinski definition) is 1. The number of ether oxygens (including phenoxy) is 1. The zero-order chi connectivity index (χ0) is 18.6. The third kappa shape index (κ3) is 3.88. The average molecular weight is 353 g/mol. The van der Waals surface area contributed by atoms with Crippen molar-refractivity contribution < 1.29 is 9.53 Å². The highest BCUT2D eigenvalue weighted by Gasteiger charge is 2.44. The number of carbonyl (C=O) groups is 1. The number of hydrogen-bond acceptors (Lipinski definition) is 4. The predicted octanol–water partition coefficient (Wildman–Crippen LogP) is 3.16. The topological polar surface area (TPSA) is 54.5 Å². The maximum atomic E-state index is 13.4. The number of pyridine rings is 1. The van der Waals surface area contributed by atoms with Crippen LogP contribution in [0.3, 0.4) is 0 Å². The summed E-state index contributed by atoms with van der Waals surface area (Å²) in [4.78, 5) is 19.6. The van der Waals surface area contributed by atoms with Gasteiger partial charge < -0.3 is 15.0 Å². The Morgan fingerprint density at radius 1 is 1.35 bits per heavy atom. The van der Waals surface area contributed by atoms with Crippen molar-refractivity contribution in [3.63, 3.8) is 0 Å². The lowest BCUT2D eigenvalue weighted by Crippen LogP contribution is -2.57. The first-order valence-electron chi connectivity index (χ1n) is 9.22. The van der Waals surface area contributed by atoms with E-state index >= 15 is 0 Å². The monoisotopic (exact) mass is 353 g/mol. The molecule has 26 heavy (non-hydrogen) atoms. The molecule has 0 saturated carbocycles. The highest BCUT2D eigenvalue weighted by atomic mass is 16.5. The summed E-state index contributed by atoms with van der Waals surface area (Å²) in [5.41, 5.74) is 1.07. The molecule has 1 aliphatic rings. The molecule has 1 amide bonds. The fourth-order valence-electron chi connectivity index (χ4n) is 3.47. The Labute approximate surface area is 155 Å². The summed E-state index contributed by atoms with van der Waals surface area (Å²) < 4.78 is 6.39. The fraction of sp³-hybridized carbons (Fsp3) is 0.429. The van der Waals surface area contributed by atoms with Crippen LogP contribution in [0.5, 0.6) is 5.75 Å². The molecule has 1 N–H and O–H groups in total. The minimum Gasteiger partial charge on any atom is -0.477 e. The largest absolute Gasteiger partial charge is 0.477 e. The van der Waals surface area contributed by atoms with Gasteiger partial charge in [-0.15, -0.1) is 0 Å². The van der Waals surface area contributed by atoms with E-state index in [4.69, 9.17) is 4.74 Å². The molecule has 0 aliphatic carbocycles. The van der Waals surface area contributed by atoms with Crippen LogP contribution in [-0.4, -0.2) is 47.6 Å². The van der Waals surface area contributed by atoms with Crippen molar-refractivity contribution in [2.24, 2.45) is 0 Å². The molecule has 0 spiro atoms. The zero-order valence-corrected chi connectivity index (χ0v) is 15.6.